The zero-order valence-corrected chi connectivity index (χ0v) is 15.7. The number of rotatable bonds is 3. The van der Waals surface area contributed by atoms with Gasteiger partial charge in [0.1, 0.15) is 6.10 Å². The highest BCUT2D eigenvalue weighted by atomic mass is 16.5. The highest BCUT2D eigenvalue weighted by molar-refractivity contribution is 5.78. The summed E-state index contributed by atoms with van der Waals surface area (Å²) in [5.74, 6) is 0.605. The van der Waals surface area contributed by atoms with Crippen molar-refractivity contribution in [3.05, 3.63) is 71.3 Å². The highest BCUT2D eigenvalue weighted by Crippen LogP contribution is 2.37. The maximum Gasteiger partial charge on any atom is 0.223 e. The molecule has 0 spiro atoms. The number of hydrogen-bond donors (Lipinski definition) is 0. The van der Waals surface area contributed by atoms with Crippen LogP contribution in [-0.2, 0) is 16.0 Å². The second kappa shape index (κ2) is 6.88. The Morgan fingerprint density at radius 3 is 2.65 bits per heavy atom. The molecule has 3 heteroatoms. The Morgan fingerprint density at radius 2 is 1.85 bits per heavy atom. The smallest absolute Gasteiger partial charge is 0.223 e. The summed E-state index contributed by atoms with van der Waals surface area (Å²) in [6.45, 7) is 5.41. The minimum Gasteiger partial charge on any atom is -0.369 e. The number of morpholine rings is 1. The molecule has 2 aliphatic rings. The van der Waals surface area contributed by atoms with Crippen LogP contribution in [0.4, 0.5) is 0 Å². The van der Waals surface area contributed by atoms with E-state index in [1.807, 2.05) is 18.2 Å². The lowest BCUT2D eigenvalue weighted by Gasteiger charge is -2.46. The molecule has 0 aromatic heterocycles. The third-order valence-corrected chi connectivity index (χ3v) is 5.87. The lowest BCUT2D eigenvalue weighted by molar-refractivity contribution is -0.155. The SMILES string of the molecule is CC1(C)COC(c2ccccc2)CN1C(=O)CC1CCc2ccccc21. The van der Waals surface area contributed by atoms with Crippen LogP contribution in [0.3, 0.4) is 0 Å². The van der Waals surface area contributed by atoms with E-state index in [2.05, 4.69) is 55.1 Å². The molecule has 0 radical (unpaired) electrons. The number of aryl methyl sites for hydroxylation is 1. The Morgan fingerprint density at radius 1 is 1.12 bits per heavy atom. The van der Waals surface area contributed by atoms with Crippen LogP contribution in [0, 0.1) is 0 Å². The van der Waals surface area contributed by atoms with Crippen LogP contribution >= 0.6 is 0 Å². The monoisotopic (exact) mass is 349 g/mol. The zero-order chi connectivity index (χ0) is 18.1. The fourth-order valence-electron chi connectivity index (χ4n) is 4.34. The molecule has 2 unspecified atom stereocenters. The van der Waals surface area contributed by atoms with Crippen molar-refractivity contribution < 1.29 is 9.53 Å². The molecule has 1 saturated heterocycles. The summed E-state index contributed by atoms with van der Waals surface area (Å²) >= 11 is 0. The number of nitrogens with zero attached hydrogens (tertiary/aromatic N) is 1. The van der Waals surface area contributed by atoms with E-state index in [9.17, 15) is 4.79 Å². The van der Waals surface area contributed by atoms with Crippen LogP contribution in [0.1, 0.15) is 55.4 Å². The maximum absolute atomic E-state index is 13.2. The molecule has 1 heterocycles. The molecule has 136 valence electrons. The first kappa shape index (κ1) is 17.3. The predicted octanol–water partition coefficient (Wildman–Crippen LogP) is 4.49. The molecular formula is C23H27NO2. The molecule has 26 heavy (non-hydrogen) atoms. The van der Waals surface area contributed by atoms with E-state index >= 15 is 0 Å². The number of carbonyl (C=O) groups is 1. The van der Waals surface area contributed by atoms with E-state index in [-0.39, 0.29) is 17.6 Å². The molecule has 3 nitrogen and oxygen atoms in total. The van der Waals surface area contributed by atoms with Crippen LogP contribution in [0.5, 0.6) is 0 Å². The molecule has 1 fully saturated rings. The molecule has 0 saturated carbocycles. The van der Waals surface area contributed by atoms with Crippen molar-refractivity contribution >= 4 is 5.91 Å². The average molecular weight is 349 g/mol. The number of fused-ring (bicyclic) bond motifs is 1. The van der Waals surface area contributed by atoms with E-state index in [0.717, 1.165) is 18.4 Å². The van der Waals surface area contributed by atoms with Gasteiger partial charge in [-0.3, -0.25) is 4.79 Å². The van der Waals surface area contributed by atoms with Gasteiger partial charge in [-0.05, 0) is 49.3 Å². The molecule has 2 aromatic carbocycles. The van der Waals surface area contributed by atoms with Crippen molar-refractivity contribution in [3.8, 4) is 0 Å². The van der Waals surface area contributed by atoms with Gasteiger partial charge in [0.05, 0.1) is 18.7 Å². The molecule has 2 aromatic rings. The first-order chi connectivity index (χ1) is 12.5. The molecule has 0 bridgehead atoms. The summed E-state index contributed by atoms with van der Waals surface area (Å²) < 4.78 is 6.09. The van der Waals surface area contributed by atoms with Crippen LogP contribution in [0.25, 0.3) is 0 Å². The number of carbonyl (C=O) groups excluding carboxylic acids is 1. The van der Waals surface area contributed by atoms with Crippen LogP contribution in [0.15, 0.2) is 54.6 Å². The third-order valence-electron chi connectivity index (χ3n) is 5.87. The van der Waals surface area contributed by atoms with Gasteiger partial charge in [-0.15, -0.1) is 0 Å². The predicted molar refractivity (Wildman–Crippen MR) is 103 cm³/mol. The molecule has 2 atom stereocenters. The van der Waals surface area contributed by atoms with Crippen molar-refractivity contribution in [3.63, 3.8) is 0 Å². The van der Waals surface area contributed by atoms with Crippen molar-refractivity contribution in [1.82, 2.24) is 4.90 Å². The molecule has 0 N–H and O–H groups in total. The van der Waals surface area contributed by atoms with Gasteiger partial charge in [0.15, 0.2) is 0 Å². The van der Waals surface area contributed by atoms with E-state index in [1.165, 1.54) is 11.1 Å². The van der Waals surface area contributed by atoms with Crippen LogP contribution in [-0.4, -0.2) is 29.5 Å². The maximum atomic E-state index is 13.2. The standard InChI is InChI=1S/C23H27NO2/c1-23(2)16-26-21(18-9-4-3-5-10-18)15-24(23)22(25)14-19-13-12-17-8-6-7-11-20(17)19/h3-11,19,21H,12-16H2,1-2H3. The minimum absolute atomic E-state index is 0.0379. The quantitative estimate of drug-likeness (QED) is 0.817. The molecular weight excluding hydrogens is 322 g/mol. The fourth-order valence-corrected chi connectivity index (χ4v) is 4.34. The van der Waals surface area contributed by atoms with E-state index in [1.54, 1.807) is 0 Å². The van der Waals surface area contributed by atoms with Gasteiger partial charge in [-0.1, -0.05) is 54.6 Å². The summed E-state index contributed by atoms with van der Waals surface area (Å²) in [5, 5.41) is 0. The Labute approximate surface area is 156 Å². The van der Waals surface area contributed by atoms with Gasteiger partial charge in [0.2, 0.25) is 5.91 Å². The second-order valence-electron chi connectivity index (χ2n) is 8.17. The van der Waals surface area contributed by atoms with Gasteiger partial charge in [-0.2, -0.15) is 0 Å². The van der Waals surface area contributed by atoms with Gasteiger partial charge in [0, 0.05) is 6.42 Å². The highest BCUT2D eigenvalue weighted by Gasteiger charge is 2.39. The van der Waals surface area contributed by atoms with Gasteiger partial charge < -0.3 is 9.64 Å². The summed E-state index contributed by atoms with van der Waals surface area (Å²) in [6.07, 6.45) is 2.73. The van der Waals surface area contributed by atoms with Crippen molar-refractivity contribution in [2.45, 2.75) is 50.7 Å². The minimum atomic E-state index is -0.263. The number of amides is 1. The van der Waals surface area contributed by atoms with E-state index in [0.29, 0.717) is 25.5 Å². The molecule has 1 aliphatic heterocycles. The van der Waals surface area contributed by atoms with Crippen molar-refractivity contribution in [1.29, 1.82) is 0 Å². The normalized spacial score (nSPS) is 24.3. The van der Waals surface area contributed by atoms with Crippen LogP contribution < -0.4 is 0 Å². The first-order valence-electron chi connectivity index (χ1n) is 9.59. The summed E-state index contributed by atoms with van der Waals surface area (Å²) in [6, 6.07) is 18.8. The van der Waals surface area contributed by atoms with Crippen molar-refractivity contribution in [2.75, 3.05) is 13.2 Å². The topological polar surface area (TPSA) is 29.5 Å². The lowest BCUT2D eigenvalue weighted by atomic mass is 9.93. The van der Waals surface area contributed by atoms with E-state index < -0.39 is 0 Å². The van der Waals surface area contributed by atoms with Crippen molar-refractivity contribution in [2.24, 2.45) is 0 Å². The van der Waals surface area contributed by atoms with Gasteiger partial charge >= 0.3 is 0 Å². The third kappa shape index (κ3) is 3.28. The summed E-state index contributed by atoms with van der Waals surface area (Å²) in [4.78, 5) is 15.3. The zero-order valence-electron chi connectivity index (χ0n) is 15.7. The van der Waals surface area contributed by atoms with Gasteiger partial charge in [0.25, 0.3) is 0 Å². The lowest BCUT2D eigenvalue weighted by Crippen LogP contribution is -2.56. The Hall–Kier alpha value is -2.13. The summed E-state index contributed by atoms with van der Waals surface area (Å²) in [5.41, 5.74) is 3.66. The first-order valence-corrected chi connectivity index (χ1v) is 9.59. The average Bonchev–Trinajstić information content (AvgIpc) is 3.05. The summed E-state index contributed by atoms with van der Waals surface area (Å²) in [7, 11) is 0. The number of hydrogen-bond acceptors (Lipinski definition) is 2. The molecule has 4 rings (SSSR count). The van der Waals surface area contributed by atoms with Crippen LogP contribution in [0.2, 0.25) is 0 Å². The fraction of sp³-hybridized carbons (Fsp3) is 0.435. The Bertz CT molecular complexity index is 784. The molecule has 1 amide bonds. The van der Waals surface area contributed by atoms with E-state index in [4.69, 9.17) is 4.74 Å². The number of ether oxygens (including phenoxy) is 1. The number of benzene rings is 2. The Kier molecular flexibility index (Phi) is 4.58. The second-order valence-corrected chi connectivity index (χ2v) is 8.17. The molecule has 1 aliphatic carbocycles. The van der Waals surface area contributed by atoms with Gasteiger partial charge in [-0.25, -0.2) is 0 Å². The largest absolute Gasteiger partial charge is 0.369 e. The Balaban J connectivity index is 1.50.